The number of halogens is 2. The van der Waals surface area contributed by atoms with E-state index in [1.807, 2.05) is 0 Å². The lowest BCUT2D eigenvalue weighted by Gasteiger charge is -2.26. The zero-order valence-electron chi connectivity index (χ0n) is 10.9. The number of aromatic amines is 2. The molecule has 0 amide bonds. The third kappa shape index (κ3) is 2.04. The van der Waals surface area contributed by atoms with E-state index in [1.165, 1.54) is 11.6 Å². The summed E-state index contributed by atoms with van der Waals surface area (Å²) in [7, 11) is 1.50. The summed E-state index contributed by atoms with van der Waals surface area (Å²) >= 11 is 0. The SMILES string of the molecule is Cn1c(=O)[nH]c(=O)c2[nH]c(C3CCC(F)(F)CC3)nc21. The van der Waals surface area contributed by atoms with Crippen molar-refractivity contribution in [2.24, 2.45) is 7.05 Å². The van der Waals surface area contributed by atoms with Crippen LogP contribution >= 0.6 is 0 Å². The summed E-state index contributed by atoms with van der Waals surface area (Å²) < 4.78 is 27.5. The highest BCUT2D eigenvalue weighted by Gasteiger charge is 2.36. The average Bonchev–Trinajstić information content (AvgIpc) is 2.82. The summed E-state index contributed by atoms with van der Waals surface area (Å²) in [4.78, 5) is 32.5. The molecular weight excluding hydrogens is 270 g/mol. The highest BCUT2D eigenvalue weighted by molar-refractivity contribution is 5.69. The van der Waals surface area contributed by atoms with Crippen molar-refractivity contribution in [2.45, 2.75) is 37.5 Å². The van der Waals surface area contributed by atoms with Crippen molar-refractivity contribution in [2.75, 3.05) is 0 Å². The van der Waals surface area contributed by atoms with Crippen LogP contribution in [-0.2, 0) is 7.05 Å². The Morgan fingerprint density at radius 3 is 2.55 bits per heavy atom. The van der Waals surface area contributed by atoms with E-state index >= 15 is 0 Å². The molecule has 1 saturated carbocycles. The zero-order chi connectivity index (χ0) is 14.5. The van der Waals surface area contributed by atoms with Crippen LogP contribution in [0, 0.1) is 0 Å². The molecule has 0 aromatic carbocycles. The fourth-order valence-corrected chi connectivity index (χ4v) is 2.63. The fourth-order valence-electron chi connectivity index (χ4n) is 2.63. The Morgan fingerprint density at radius 1 is 1.25 bits per heavy atom. The van der Waals surface area contributed by atoms with Crippen LogP contribution in [0.1, 0.15) is 37.4 Å². The second-order valence-corrected chi connectivity index (χ2v) is 5.27. The highest BCUT2D eigenvalue weighted by Crippen LogP contribution is 2.40. The largest absolute Gasteiger partial charge is 0.336 e. The minimum absolute atomic E-state index is 0.128. The standard InChI is InChI=1S/C12H14F2N4O2/c1-18-9-7(10(19)17-11(18)20)15-8(16-9)6-2-4-12(13,14)5-3-6/h6H,2-5H2,1H3,(H,15,16)(H,17,19,20). The van der Waals surface area contributed by atoms with Gasteiger partial charge in [-0.2, -0.15) is 0 Å². The summed E-state index contributed by atoms with van der Waals surface area (Å²) in [6.45, 7) is 0. The molecule has 8 heteroatoms. The molecule has 108 valence electrons. The minimum Gasteiger partial charge on any atom is -0.336 e. The summed E-state index contributed by atoms with van der Waals surface area (Å²) in [5.74, 6) is -2.23. The number of H-pyrrole nitrogens is 2. The molecule has 2 N–H and O–H groups in total. The van der Waals surface area contributed by atoms with Gasteiger partial charge in [0.15, 0.2) is 5.65 Å². The number of nitrogens with one attached hydrogen (secondary N) is 2. The molecule has 1 fully saturated rings. The van der Waals surface area contributed by atoms with Crippen LogP contribution < -0.4 is 11.2 Å². The normalized spacial score (nSPS) is 19.6. The third-order valence-corrected chi connectivity index (χ3v) is 3.88. The van der Waals surface area contributed by atoms with Crippen LogP contribution in [-0.4, -0.2) is 25.4 Å². The molecule has 0 spiro atoms. The monoisotopic (exact) mass is 284 g/mol. The number of imidazole rings is 1. The van der Waals surface area contributed by atoms with Crippen LogP contribution in [0.5, 0.6) is 0 Å². The lowest BCUT2D eigenvalue weighted by Crippen LogP contribution is -2.28. The summed E-state index contributed by atoms with van der Waals surface area (Å²) in [6, 6.07) is 0. The molecule has 2 aromatic heterocycles. The first kappa shape index (κ1) is 13.0. The summed E-state index contributed by atoms with van der Waals surface area (Å²) in [6.07, 6.45) is 0.283. The van der Waals surface area contributed by atoms with Crippen LogP contribution in [0.4, 0.5) is 8.78 Å². The van der Waals surface area contributed by atoms with Gasteiger partial charge in [0.05, 0.1) is 0 Å². The first-order valence-corrected chi connectivity index (χ1v) is 6.44. The number of rotatable bonds is 1. The van der Waals surface area contributed by atoms with Gasteiger partial charge in [0.2, 0.25) is 5.92 Å². The Hall–Kier alpha value is -1.99. The van der Waals surface area contributed by atoms with E-state index in [4.69, 9.17) is 0 Å². The van der Waals surface area contributed by atoms with E-state index in [0.29, 0.717) is 18.7 Å². The average molecular weight is 284 g/mol. The van der Waals surface area contributed by atoms with Crippen molar-refractivity contribution in [1.29, 1.82) is 0 Å². The maximum atomic E-state index is 13.1. The number of hydrogen-bond donors (Lipinski definition) is 2. The molecule has 0 radical (unpaired) electrons. The summed E-state index contributed by atoms with van der Waals surface area (Å²) in [5, 5.41) is 0. The van der Waals surface area contributed by atoms with Crippen molar-refractivity contribution >= 4 is 11.2 Å². The number of fused-ring (bicyclic) bond motifs is 1. The molecule has 2 aromatic rings. The summed E-state index contributed by atoms with van der Waals surface area (Å²) in [5.41, 5.74) is -0.621. The van der Waals surface area contributed by atoms with E-state index in [0.717, 1.165) is 0 Å². The van der Waals surface area contributed by atoms with Crippen LogP contribution in [0.2, 0.25) is 0 Å². The van der Waals surface area contributed by atoms with Crippen LogP contribution in [0.25, 0.3) is 11.2 Å². The predicted octanol–water partition coefficient (Wildman–Crippen LogP) is 1.24. The van der Waals surface area contributed by atoms with Gasteiger partial charge < -0.3 is 4.98 Å². The van der Waals surface area contributed by atoms with Gasteiger partial charge in [0, 0.05) is 25.8 Å². The first-order valence-electron chi connectivity index (χ1n) is 6.44. The van der Waals surface area contributed by atoms with Crippen molar-refractivity contribution in [3.8, 4) is 0 Å². The zero-order valence-corrected chi connectivity index (χ0v) is 10.9. The third-order valence-electron chi connectivity index (χ3n) is 3.88. The molecule has 0 bridgehead atoms. The molecule has 2 heterocycles. The maximum absolute atomic E-state index is 13.1. The number of aromatic nitrogens is 4. The molecular formula is C12H14F2N4O2. The maximum Gasteiger partial charge on any atom is 0.329 e. The van der Waals surface area contributed by atoms with Crippen molar-refractivity contribution in [3.05, 3.63) is 26.7 Å². The van der Waals surface area contributed by atoms with Gasteiger partial charge in [-0.25, -0.2) is 18.6 Å². The van der Waals surface area contributed by atoms with Gasteiger partial charge in [0.1, 0.15) is 11.3 Å². The van der Waals surface area contributed by atoms with E-state index in [-0.39, 0.29) is 29.9 Å². The van der Waals surface area contributed by atoms with Crippen LogP contribution in [0.3, 0.4) is 0 Å². The van der Waals surface area contributed by atoms with Gasteiger partial charge >= 0.3 is 5.69 Å². The molecule has 1 aliphatic rings. The first-order chi connectivity index (χ1) is 9.37. The molecule has 0 unspecified atom stereocenters. The van der Waals surface area contributed by atoms with E-state index in [9.17, 15) is 18.4 Å². The second-order valence-electron chi connectivity index (χ2n) is 5.27. The van der Waals surface area contributed by atoms with E-state index in [1.54, 1.807) is 0 Å². The Labute approximate surface area is 111 Å². The van der Waals surface area contributed by atoms with E-state index < -0.39 is 17.2 Å². The Kier molecular flexibility index (Phi) is 2.77. The lowest BCUT2D eigenvalue weighted by atomic mass is 9.86. The Bertz CT molecular complexity index is 764. The van der Waals surface area contributed by atoms with E-state index in [2.05, 4.69) is 15.0 Å². The van der Waals surface area contributed by atoms with Gasteiger partial charge in [-0.15, -0.1) is 0 Å². The van der Waals surface area contributed by atoms with Gasteiger partial charge in [-0.3, -0.25) is 14.3 Å². The molecule has 20 heavy (non-hydrogen) atoms. The van der Waals surface area contributed by atoms with Gasteiger partial charge in [0.25, 0.3) is 5.56 Å². The quantitative estimate of drug-likeness (QED) is 0.826. The lowest BCUT2D eigenvalue weighted by molar-refractivity contribution is -0.0387. The number of hydrogen-bond acceptors (Lipinski definition) is 3. The molecule has 3 rings (SSSR count). The predicted molar refractivity (Wildman–Crippen MR) is 68.1 cm³/mol. The second kappa shape index (κ2) is 4.26. The number of alkyl halides is 2. The van der Waals surface area contributed by atoms with Crippen molar-refractivity contribution in [3.63, 3.8) is 0 Å². The van der Waals surface area contributed by atoms with Gasteiger partial charge in [-0.05, 0) is 12.8 Å². The highest BCUT2D eigenvalue weighted by atomic mass is 19.3. The topological polar surface area (TPSA) is 83.5 Å². The number of nitrogens with zero attached hydrogens (tertiary/aromatic N) is 2. The smallest absolute Gasteiger partial charge is 0.329 e. The molecule has 0 atom stereocenters. The molecule has 0 saturated heterocycles. The molecule has 6 nitrogen and oxygen atoms in total. The fraction of sp³-hybridized carbons (Fsp3) is 0.583. The minimum atomic E-state index is -2.60. The van der Waals surface area contributed by atoms with Crippen molar-refractivity contribution < 1.29 is 8.78 Å². The Balaban J connectivity index is 2.02. The number of aryl methyl sites for hydroxylation is 1. The van der Waals surface area contributed by atoms with Crippen molar-refractivity contribution in [1.82, 2.24) is 19.5 Å². The Morgan fingerprint density at radius 2 is 1.90 bits per heavy atom. The molecule has 0 aliphatic heterocycles. The van der Waals surface area contributed by atoms with Crippen LogP contribution in [0.15, 0.2) is 9.59 Å². The molecule has 1 aliphatic carbocycles. The van der Waals surface area contributed by atoms with Gasteiger partial charge in [-0.1, -0.05) is 0 Å².